The third-order valence-corrected chi connectivity index (χ3v) is 5.68. The number of aromatic nitrogens is 1. The molecule has 27 heavy (non-hydrogen) atoms. The third kappa shape index (κ3) is 3.50. The van der Waals surface area contributed by atoms with Crippen LogP contribution in [0.3, 0.4) is 0 Å². The van der Waals surface area contributed by atoms with Gasteiger partial charge in [-0.3, -0.25) is 19.3 Å². The molecule has 2 aromatic rings. The number of carbonyl (C=O) groups excluding carboxylic acids is 3. The van der Waals surface area contributed by atoms with Gasteiger partial charge in [-0.15, -0.1) is 11.3 Å². The summed E-state index contributed by atoms with van der Waals surface area (Å²) >= 11 is 1.48. The SMILES string of the molecule is Cc1csc(CNC(=O)c2ccc3c(c2)C(=O)N(CC2CCCO2)C3=O)n1. The molecule has 4 rings (SSSR count). The van der Waals surface area contributed by atoms with Gasteiger partial charge in [-0.2, -0.15) is 0 Å². The molecule has 140 valence electrons. The zero-order valence-electron chi connectivity index (χ0n) is 14.9. The Kier molecular flexibility index (Phi) is 4.75. The molecule has 1 atom stereocenters. The van der Waals surface area contributed by atoms with Gasteiger partial charge in [0.05, 0.1) is 30.3 Å². The molecule has 0 saturated carbocycles. The Morgan fingerprint density at radius 3 is 2.85 bits per heavy atom. The number of rotatable bonds is 5. The smallest absolute Gasteiger partial charge is 0.261 e. The quantitative estimate of drug-likeness (QED) is 0.797. The maximum absolute atomic E-state index is 12.7. The number of hydrogen-bond acceptors (Lipinski definition) is 6. The number of benzene rings is 1. The average molecular weight is 385 g/mol. The van der Waals surface area contributed by atoms with E-state index < -0.39 is 0 Å². The molecule has 0 aliphatic carbocycles. The molecule has 1 aromatic heterocycles. The van der Waals surface area contributed by atoms with E-state index in [-0.39, 0.29) is 35.9 Å². The van der Waals surface area contributed by atoms with Crippen molar-refractivity contribution < 1.29 is 19.1 Å². The fraction of sp³-hybridized carbons (Fsp3) is 0.368. The molecule has 0 spiro atoms. The summed E-state index contributed by atoms with van der Waals surface area (Å²) in [7, 11) is 0. The van der Waals surface area contributed by atoms with Crippen molar-refractivity contribution in [2.75, 3.05) is 13.2 Å². The van der Waals surface area contributed by atoms with Crippen LogP contribution in [0.4, 0.5) is 0 Å². The van der Waals surface area contributed by atoms with Crippen LogP contribution in [-0.2, 0) is 11.3 Å². The minimum absolute atomic E-state index is 0.100. The second kappa shape index (κ2) is 7.21. The van der Waals surface area contributed by atoms with Crippen molar-refractivity contribution in [1.29, 1.82) is 0 Å². The maximum atomic E-state index is 12.7. The monoisotopic (exact) mass is 385 g/mol. The lowest BCUT2D eigenvalue weighted by molar-refractivity contribution is 0.0475. The molecule has 0 radical (unpaired) electrons. The van der Waals surface area contributed by atoms with Gasteiger partial charge in [0, 0.05) is 23.2 Å². The van der Waals surface area contributed by atoms with E-state index in [0.717, 1.165) is 23.5 Å². The van der Waals surface area contributed by atoms with Crippen molar-refractivity contribution in [2.45, 2.75) is 32.4 Å². The molecule has 8 heteroatoms. The van der Waals surface area contributed by atoms with E-state index >= 15 is 0 Å². The highest BCUT2D eigenvalue weighted by Crippen LogP contribution is 2.26. The zero-order valence-corrected chi connectivity index (χ0v) is 15.7. The van der Waals surface area contributed by atoms with E-state index in [1.807, 2.05) is 12.3 Å². The van der Waals surface area contributed by atoms with Gasteiger partial charge in [-0.05, 0) is 38.0 Å². The highest BCUT2D eigenvalue weighted by molar-refractivity contribution is 7.09. The van der Waals surface area contributed by atoms with E-state index in [1.54, 1.807) is 12.1 Å². The number of imide groups is 1. The summed E-state index contributed by atoms with van der Waals surface area (Å²) in [6.45, 7) is 3.15. The number of amides is 3. The summed E-state index contributed by atoms with van der Waals surface area (Å²) < 4.78 is 5.53. The van der Waals surface area contributed by atoms with Gasteiger partial charge in [0.15, 0.2) is 0 Å². The fourth-order valence-electron chi connectivity index (χ4n) is 3.33. The van der Waals surface area contributed by atoms with Gasteiger partial charge in [0.1, 0.15) is 5.01 Å². The standard InChI is InChI=1S/C19H19N3O4S/c1-11-10-27-16(21-11)8-20-17(23)12-4-5-14-15(7-12)19(25)22(18(14)24)9-13-3-2-6-26-13/h4-5,7,10,13H,2-3,6,8-9H2,1H3,(H,20,23). The first-order valence-electron chi connectivity index (χ1n) is 8.84. The highest BCUT2D eigenvalue weighted by atomic mass is 32.1. The summed E-state index contributed by atoms with van der Waals surface area (Å²) in [5.41, 5.74) is 1.88. The first-order valence-corrected chi connectivity index (χ1v) is 9.72. The highest BCUT2D eigenvalue weighted by Gasteiger charge is 2.37. The Balaban J connectivity index is 1.47. The number of aryl methyl sites for hydroxylation is 1. The first-order chi connectivity index (χ1) is 13.0. The van der Waals surface area contributed by atoms with Gasteiger partial charge in [-0.1, -0.05) is 0 Å². The van der Waals surface area contributed by atoms with Crippen LogP contribution >= 0.6 is 11.3 Å². The van der Waals surface area contributed by atoms with Crippen molar-refractivity contribution >= 4 is 29.1 Å². The molecule has 1 N–H and O–H groups in total. The molecular weight excluding hydrogens is 366 g/mol. The van der Waals surface area contributed by atoms with Gasteiger partial charge >= 0.3 is 0 Å². The predicted octanol–water partition coefficient (Wildman–Crippen LogP) is 2.16. The fourth-order valence-corrected chi connectivity index (χ4v) is 4.04. The van der Waals surface area contributed by atoms with Crippen LogP contribution in [0.5, 0.6) is 0 Å². The molecule has 0 bridgehead atoms. The van der Waals surface area contributed by atoms with Crippen LogP contribution in [0.15, 0.2) is 23.6 Å². The molecule has 1 unspecified atom stereocenters. The lowest BCUT2D eigenvalue weighted by Crippen LogP contribution is -2.36. The number of thiazole rings is 1. The van der Waals surface area contributed by atoms with Crippen LogP contribution < -0.4 is 5.32 Å². The minimum Gasteiger partial charge on any atom is -0.376 e. The van der Waals surface area contributed by atoms with Crippen LogP contribution in [0.2, 0.25) is 0 Å². The number of ether oxygens (including phenoxy) is 1. The summed E-state index contributed by atoms with van der Waals surface area (Å²) in [4.78, 5) is 43.1. The number of carbonyl (C=O) groups is 3. The molecule has 7 nitrogen and oxygen atoms in total. The minimum atomic E-state index is -0.365. The molecule has 2 aliphatic rings. The van der Waals surface area contributed by atoms with Crippen molar-refractivity contribution in [3.63, 3.8) is 0 Å². The van der Waals surface area contributed by atoms with Crippen molar-refractivity contribution in [2.24, 2.45) is 0 Å². The summed E-state index contributed by atoms with van der Waals surface area (Å²) in [5, 5.41) is 5.53. The van der Waals surface area contributed by atoms with Gasteiger partial charge in [-0.25, -0.2) is 4.98 Å². The van der Waals surface area contributed by atoms with E-state index in [9.17, 15) is 14.4 Å². The van der Waals surface area contributed by atoms with Crippen LogP contribution in [-0.4, -0.2) is 46.9 Å². The molecule has 2 aliphatic heterocycles. The summed E-state index contributed by atoms with van der Waals surface area (Å²) in [6.07, 6.45) is 1.69. The Bertz CT molecular complexity index is 917. The molecule has 1 fully saturated rings. The second-order valence-corrected chi connectivity index (χ2v) is 7.62. The van der Waals surface area contributed by atoms with E-state index in [0.29, 0.717) is 24.3 Å². The third-order valence-electron chi connectivity index (χ3n) is 4.71. The summed E-state index contributed by atoms with van der Waals surface area (Å²) in [6, 6.07) is 4.61. The lowest BCUT2D eigenvalue weighted by Gasteiger charge is -2.17. The van der Waals surface area contributed by atoms with E-state index in [2.05, 4.69) is 10.3 Å². The zero-order chi connectivity index (χ0) is 19.0. The number of nitrogens with zero attached hydrogens (tertiary/aromatic N) is 2. The van der Waals surface area contributed by atoms with Gasteiger partial charge in [0.25, 0.3) is 17.7 Å². The van der Waals surface area contributed by atoms with Crippen molar-refractivity contribution in [3.8, 4) is 0 Å². The second-order valence-electron chi connectivity index (χ2n) is 6.68. The Morgan fingerprint density at radius 2 is 2.15 bits per heavy atom. The number of fused-ring (bicyclic) bond motifs is 1. The van der Waals surface area contributed by atoms with Crippen molar-refractivity contribution in [1.82, 2.24) is 15.2 Å². The van der Waals surface area contributed by atoms with Gasteiger partial charge < -0.3 is 10.1 Å². The first kappa shape index (κ1) is 17.8. The van der Waals surface area contributed by atoms with E-state index in [1.165, 1.54) is 22.3 Å². The number of hydrogen-bond donors (Lipinski definition) is 1. The molecule has 1 aromatic carbocycles. The van der Waals surface area contributed by atoms with Crippen LogP contribution in [0, 0.1) is 6.92 Å². The molecule has 1 saturated heterocycles. The Morgan fingerprint density at radius 1 is 1.33 bits per heavy atom. The normalized spacial score (nSPS) is 18.9. The lowest BCUT2D eigenvalue weighted by atomic mass is 10.1. The summed E-state index contributed by atoms with van der Waals surface area (Å²) in [5.74, 6) is -0.991. The number of nitrogens with one attached hydrogen (secondary N) is 1. The predicted molar refractivity (Wildman–Crippen MR) is 98.8 cm³/mol. The maximum Gasteiger partial charge on any atom is 0.261 e. The van der Waals surface area contributed by atoms with E-state index in [4.69, 9.17) is 4.74 Å². The topological polar surface area (TPSA) is 88.6 Å². The van der Waals surface area contributed by atoms with Gasteiger partial charge in [0.2, 0.25) is 0 Å². The average Bonchev–Trinajstić information content (AvgIpc) is 3.38. The molecule has 3 heterocycles. The van der Waals surface area contributed by atoms with Crippen molar-refractivity contribution in [3.05, 3.63) is 51.0 Å². The largest absolute Gasteiger partial charge is 0.376 e. The Labute approximate surface area is 160 Å². The van der Waals surface area contributed by atoms with Crippen LogP contribution in [0.25, 0.3) is 0 Å². The Hall–Kier alpha value is -2.58. The van der Waals surface area contributed by atoms with Crippen LogP contribution in [0.1, 0.15) is 54.6 Å². The molecule has 3 amide bonds. The molecular formula is C19H19N3O4S.